The monoisotopic (exact) mass is 256 g/mol. The van der Waals surface area contributed by atoms with Gasteiger partial charge in [0.2, 0.25) is 0 Å². The van der Waals surface area contributed by atoms with Gasteiger partial charge in [-0.05, 0) is 54.1 Å². The van der Waals surface area contributed by atoms with Crippen molar-refractivity contribution in [2.45, 2.75) is 18.9 Å². The number of rotatable bonds is 2. The molecule has 3 rings (SSSR count). The molecule has 1 N–H and O–H groups in total. The van der Waals surface area contributed by atoms with Crippen molar-refractivity contribution in [3.63, 3.8) is 0 Å². The largest absolute Gasteiger partial charge is 0.306 e. The molecule has 1 aliphatic rings. The van der Waals surface area contributed by atoms with Gasteiger partial charge in [0.25, 0.3) is 0 Å². The van der Waals surface area contributed by atoms with E-state index >= 15 is 0 Å². The molecule has 1 aliphatic heterocycles. The summed E-state index contributed by atoms with van der Waals surface area (Å²) in [7, 11) is 0. The second-order valence-electron chi connectivity index (χ2n) is 4.51. The van der Waals surface area contributed by atoms with Crippen LogP contribution in [0.3, 0.4) is 0 Å². The molecule has 1 atom stereocenters. The Kier molecular flexibility index (Phi) is 3.53. The predicted octanol–water partition coefficient (Wildman–Crippen LogP) is 3.65. The van der Waals surface area contributed by atoms with Crippen molar-refractivity contribution in [3.05, 3.63) is 58.1 Å². The molecule has 0 amide bonds. The molecule has 3 heteroatoms. The molecule has 1 saturated heterocycles. The number of thiophene rings is 1. The number of hydrogen-bond acceptors (Lipinski definition) is 3. The van der Waals surface area contributed by atoms with Gasteiger partial charge in [-0.25, -0.2) is 0 Å². The van der Waals surface area contributed by atoms with E-state index in [0.29, 0.717) is 6.04 Å². The maximum Gasteiger partial charge on any atom is 0.0554 e. The third-order valence-electron chi connectivity index (χ3n) is 3.25. The Labute approximate surface area is 111 Å². The van der Waals surface area contributed by atoms with Crippen LogP contribution in [-0.2, 0) is 0 Å². The van der Waals surface area contributed by atoms with Crippen LogP contribution in [0.5, 0.6) is 0 Å². The van der Waals surface area contributed by atoms with Gasteiger partial charge < -0.3 is 5.32 Å². The summed E-state index contributed by atoms with van der Waals surface area (Å²) in [5.74, 6) is 0. The molecular formula is C15H16N2S. The highest BCUT2D eigenvalue weighted by Gasteiger charge is 2.20. The molecule has 0 radical (unpaired) electrons. The Morgan fingerprint density at radius 2 is 2.33 bits per heavy atom. The fourth-order valence-corrected chi connectivity index (χ4v) is 3.10. The van der Waals surface area contributed by atoms with Crippen molar-refractivity contribution >= 4 is 17.4 Å². The lowest BCUT2D eigenvalue weighted by Gasteiger charge is -2.27. The lowest BCUT2D eigenvalue weighted by atomic mass is 9.92. The van der Waals surface area contributed by atoms with Gasteiger partial charge in [-0.15, -0.1) is 11.3 Å². The summed E-state index contributed by atoms with van der Waals surface area (Å²) in [6.07, 6.45) is 8.51. The Balaban J connectivity index is 1.91. The lowest BCUT2D eigenvalue weighted by molar-refractivity contribution is 0.508. The average Bonchev–Trinajstić information content (AvgIpc) is 2.93. The molecule has 18 heavy (non-hydrogen) atoms. The van der Waals surface area contributed by atoms with Gasteiger partial charge in [-0.3, -0.25) is 4.98 Å². The highest BCUT2D eigenvalue weighted by molar-refractivity contribution is 7.10. The van der Waals surface area contributed by atoms with Crippen molar-refractivity contribution < 1.29 is 0 Å². The summed E-state index contributed by atoms with van der Waals surface area (Å²) in [6, 6.07) is 8.76. The number of piperidine rings is 1. The molecule has 92 valence electrons. The van der Waals surface area contributed by atoms with Gasteiger partial charge in [-0.1, -0.05) is 12.1 Å². The zero-order chi connectivity index (χ0) is 12.2. The van der Waals surface area contributed by atoms with E-state index in [1.165, 1.54) is 28.9 Å². The number of nitrogens with one attached hydrogen (secondary N) is 1. The van der Waals surface area contributed by atoms with Crippen LogP contribution in [0.25, 0.3) is 6.08 Å². The summed E-state index contributed by atoms with van der Waals surface area (Å²) in [5.41, 5.74) is 2.73. The quantitative estimate of drug-likeness (QED) is 0.887. The number of aromatic nitrogens is 1. The third kappa shape index (κ3) is 2.52. The minimum absolute atomic E-state index is 0.328. The van der Waals surface area contributed by atoms with E-state index in [2.05, 4.69) is 40.0 Å². The van der Waals surface area contributed by atoms with Crippen LogP contribution in [0, 0.1) is 0 Å². The molecule has 2 nitrogen and oxygen atoms in total. The summed E-state index contributed by atoms with van der Waals surface area (Å²) in [5, 5.41) is 5.72. The number of pyridine rings is 1. The van der Waals surface area contributed by atoms with Crippen molar-refractivity contribution in [2.24, 2.45) is 0 Å². The second-order valence-corrected chi connectivity index (χ2v) is 5.49. The van der Waals surface area contributed by atoms with Gasteiger partial charge >= 0.3 is 0 Å². The van der Waals surface area contributed by atoms with Crippen LogP contribution in [0.4, 0.5) is 0 Å². The molecule has 2 aromatic rings. The van der Waals surface area contributed by atoms with E-state index in [9.17, 15) is 0 Å². The van der Waals surface area contributed by atoms with E-state index in [4.69, 9.17) is 0 Å². The second kappa shape index (κ2) is 5.46. The van der Waals surface area contributed by atoms with E-state index in [1.54, 1.807) is 11.3 Å². The summed E-state index contributed by atoms with van der Waals surface area (Å²) < 4.78 is 0. The Morgan fingerprint density at radius 3 is 3.11 bits per heavy atom. The first-order valence-electron chi connectivity index (χ1n) is 6.31. The highest BCUT2D eigenvalue weighted by atomic mass is 32.1. The average molecular weight is 256 g/mol. The molecule has 0 spiro atoms. The molecule has 0 saturated carbocycles. The summed E-state index contributed by atoms with van der Waals surface area (Å²) in [6.45, 7) is 1.08. The molecule has 1 fully saturated rings. The SMILES string of the molecule is C(=C1/CCCNC1c1cccnc1)/c1cccs1. The number of nitrogens with zero attached hydrogens (tertiary/aromatic N) is 1. The fraction of sp³-hybridized carbons (Fsp3) is 0.267. The standard InChI is InChI=1S/C15H16N2S/c1-5-13(11-16-7-1)15-12(4-2-8-17-15)10-14-6-3-9-18-14/h1,3,5-7,9-11,15,17H,2,4,8H2/b12-10+. The maximum atomic E-state index is 4.23. The highest BCUT2D eigenvalue weighted by Crippen LogP contribution is 2.30. The topological polar surface area (TPSA) is 24.9 Å². The van der Waals surface area contributed by atoms with Crippen LogP contribution < -0.4 is 5.32 Å². The van der Waals surface area contributed by atoms with Crippen molar-refractivity contribution in [1.29, 1.82) is 0 Å². The summed E-state index contributed by atoms with van der Waals surface area (Å²) >= 11 is 1.79. The van der Waals surface area contributed by atoms with Crippen LogP contribution in [0.2, 0.25) is 0 Å². The van der Waals surface area contributed by atoms with Gasteiger partial charge in [-0.2, -0.15) is 0 Å². The minimum atomic E-state index is 0.328. The van der Waals surface area contributed by atoms with E-state index in [0.717, 1.165) is 6.54 Å². The molecule has 2 aromatic heterocycles. The molecular weight excluding hydrogens is 240 g/mol. The van der Waals surface area contributed by atoms with Gasteiger partial charge in [0.1, 0.15) is 0 Å². The Hall–Kier alpha value is -1.45. The molecule has 0 aromatic carbocycles. The first kappa shape index (κ1) is 11.6. The molecule has 0 aliphatic carbocycles. The Bertz CT molecular complexity index is 517. The maximum absolute atomic E-state index is 4.23. The van der Waals surface area contributed by atoms with Crippen LogP contribution >= 0.6 is 11.3 Å². The molecule has 1 unspecified atom stereocenters. The number of hydrogen-bond donors (Lipinski definition) is 1. The van der Waals surface area contributed by atoms with Crippen LogP contribution in [0.15, 0.2) is 47.6 Å². The van der Waals surface area contributed by atoms with Gasteiger partial charge in [0.05, 0.1) is 6.04 Å². The normalized spacial score (nSPS) is 22.2. The van der Waals surface area contributed by atoms with Crippen molar-refractivity contribution in [2.75, 3.05) is 6.54 Å². The first-order chi connectivity index (χ1) is 8.93. The van der Waals surface area contributed by atoms with Crippen molar-refractivity contribution in [3.8, 4) is 0 Å². The van der Waals surface area contributed by atoms with E-state index < -0.39 is 0 Å². The minimum Gasteiger partial charge on any atom is -0.306 e. The molecule has 0 bridgehead atoms. The summed E-state index contributed by atoms with van der Waals surface area (Å²) in [4.78, 5) is 5.56. The van der Waals surface area contributed by atoms with Crippen LogP contribution in [0.1, 0.15) is 29.3 Å². The predicted molar refractivity (Wildman–Crippen MR) is 76.5 cm³/mol. The third-order valence-corrected chi connectivity index (χ3v) is 4.07. The molecule has 3 heterocycles. The fourth-order valence-electron chi connectivity index (χ4n) is 2.40. The zero-order valence-corrected chi connectivity index (χ0v) is 11.0. The van der Waals surface area contributed by atoms with E-state index in [1.807, 2.05) is 18.5 Å². The smallest absolute Gasteiger partial charge is 0.0554 e. The van der Waals surface area contributed by atoms with Crippen molar-refractivity contribution in [1.82, 2.24) is 10.3 Å². The zero-order valence-electron chi connectivity index (χ0n) is 10.2. The lowest BCUT2D eigenvalue weighted by Crippen LogP contribution is -2.28. The van der Waals surface area contributed by atoms with E-state index in [-0.39, 0.29) is 0 Å². The van der Waals surface area contributed by atoms with Crippen LogP contribution in [-0.4, -0.2) is 11.5 Å². The Morgan fingerprint density at radius 1 is 1.33 bits per heavy atom. The first-order valence-corrected chi connectivity index (χ1v) is 7.19. The van der Waals surface area contributed by atoms with Gasteiger partial charge in [0, 0.05) is 17.3 Å². The van der Waals surface area contributed by atoms with Gasteiger partial charge in [0.15, 0.2) is 0 Å².